The van der Waals surface area contributed by atoms with Gasteiger partial charge in [0.1, 0.15) is 0 Å². The van der Waals surface area contributed by atoms with E-state index in [-0.39, 0.29) is 17.2 Å². The lowest BCUT2D eigenvalue weighted by Gasteiger charge is -2.56. The van der Waals surface area contributed by atoms with Gasteiger partial charge in [0.05, 0.1) is 11.6 Å². The van der Waals surface area contributed by atoms with Gasteiger partial charge in [-0.15, -0.1) is 11.3 Å². The lowest BCUT2D eigenvalue weighted by Crippen LogP contribution is -2.48. The maximum absolute atomic E-state index is 13.4. The highest BCUT2D eigenvalue weighted by atomic mass is 32.1. The summed E-state index contributed by atoms with van der Waals surface area (Å²) in [4.78, 5) is 18.4. The molecule has 1 amide bonds. The number of nitrogens with zero attached hydrogens (tertiary/aromatic N) is 1. The number of nitrogens with one attached hydrogen (secondary N) is 1. The van der Waals surface area contributed by atoms with Crippen LogP contribution in [0.5, 0.6) is 0 Å². The summed E-state index contributed by atoms with van der Waals surface area (Å²) in [7, 11) is 0. The number of rotatable bonds is 5. The lowest BCUT2D eigenvalue weighted by atomic mass is 9.49. The zero-order chi connectivity index (χ0) is 20.8. The molecule has 3 aromatic rings. The first-order chi connectivity index (χ1) is 15.2. The van der Waals surface area contributed by atoms with Crippen LogP contribution in [-0.2, 0) is 10.2 Å². The highest BCUT2D eigenvalue weighted by Crippen LogP contribution is 2.60. The summed E-state index contributed by atoms with van der Waals surface area (Å²) in [6.45, 7) is 0. The van der Waals surface area contributed by atoms with Gasteiger partial charge in [-0.3, -0.25) is 4.79 Å². The molecule has 1 aromatic heterocycles. The Morgan fingerprint density at radius 1 is 0.871 bits per heavy atom. The summed E-state index contributed by atoms with van der Waals surface area (Å²) in [5.74, 6) is 2.34. The molecule has 31 heavy (non-hydrogen) atoms. The highest BCUT2D eigenvalue weighted by molar-refractivity contribution is 7.14. The van der Waals surface area contributed by atoms with Crippen LogP contribution in [0.25, 0.3) is 0 Å². The molecule has 4 bridgehead atoms. The Hall–Kier alpha value is -2.46. The second-order valence-electron chi connectivity index (χ2n) is 9.98. The van der Waals surface area contributed by atoms with Crippen molar-refractivity contribution >= 4 is 22.4 Å². The normalized spacial score (nSPS) is 28.7. The highest BCUT2D eigenvalue weighted by Gasteiger charge is 2.52. The molecule has 0 spiro atoms. The van der Waals surface area contributed by atoms with E-state index in [0.717, 1.165) is 34.0 Å². The molecular formula is C27H28N2OS. The minimum absolute atomic E-state index is 0.0104. The number of benzene rings is 2. The van der Waals surface area contributed by atoms with Crippen LogP contribution >= 0.6 is 11.3 Å². The number of hydrogen-bond acceptors (Lipinski definition) is 3. The minimum Gasteiger partial charge on any atom is -0.301 e. The van der Waals surface area contributed by atoms with Gasteiger partial charge in [-0.05, 0) is 67.4 Å². The summed E-state index contributed by atoms with van der Waals surface area (Å²) < 4.78 is 0. The summed E-state index contributed by atoms with van der Waals surface area (Å²) in [5.41, 5.74) is 3.52. The third-order valence-electron chi connectivity index (χ3n) is 7.84. The van der Waals surface area contributed by atoms with Crippen molar-refractivity contribution in [2.24, 2.45) is 17.8 Å². The zero-order valence-electron chi connectivity index (χ0n) is 17.7. The standard InChI is InChI=1S/C27H28N2OS/c30-25(24(21-7-3-1-4-8-21)22-9-5-2-6-10-22)29-26-28-23(17-31-26)27-14-18-11-19(15-27)13-20(12-18)16-27/h1-10,17-20,24H,11-16H2,(H,28,29,30). The van der Waals surface area contributed by atoms with Crippen LogP contribution in [0, 0.1) is 17.8 Å². The largest absolute Gasteiger partial charge is 0.301 e. The van der Waals surface area contributed by atoms with E-state index in [1.165, 1.54) is 44.2 Å². The van der Waals surface area contributed by atoms with Gasteiger partial charge in [0, 0.05) is 10.8 Å². The van der Waals surface area contributed by atoms with Crippen LogP contribution in [0.2, 0.25) is 0 Å². The molecule has 2 aromatic carbocycles. The van der Waals surface area contributed by atoms with Crippen molar-refractivity contribution in [1.29, 1.82) is 0 Å². The van der Waals surface area contributed by atoms with Gasteiger partial charge in [0.25, 0.3) is 0 Å². The quantitative estimate of drug-likeness (QED) is 0.512. The molecule has 4 aliphatic carbocycles. The third-order valence-corrected chi connectivity index (χ3v) is 8.60. The Morgan fingerprint density at radius 2 is 1.39 bits per heavy atom. The molecule has 1 N–H and O–H groups in total. The number of anilines is 1. The number of carbonyl (C=O) groups is 1. The molecule has 0 aliphatic heterocycles. The average Bonchev–Trinajstić information content (AvgIpc) is 3.24. The van der Waals surface area contributed by atoms with Gasteiger partial charge in [0.2, 0.25) is 5.91 Å². The first-order valence-electron chi connectivity index (χ1n) is 11.6. The van der Waals surface area contributed by atoms with E-state index in [1.54, 1.807) is 11.3 Å². The lowest BCUT2D eigenvalue weighted by molar-refractivity contribution is -0.116. The topological polar surface area (TPSA) is 42.0 Å². The van der Waals surface area contributed by atoms with E-state index in [2.05, 4.69) is 10.7 Å². The zero-order valence-corrected chi connectivity index (χ0v) is 18.5. The van der Waals surface area contributed by atoms with Crippen molar-refractivity contribution in [3.8, 4) is 0 Å². The van der Waals surface area contributed by atoms with Gasteiger partial charge in [-0.25, -0.2) is 4.98 Å². The second kappa shape index (κ2) is 7.59. The Bertz CT molecular complexity index is 1000. The minimum atomic E-state index is -0.339. The third kappa shape index (κ3) is 3.51. The van der Waals surface area contributed by atoms with Crippen molar-refractivity contribution in [3.63, 3.8) is 0 Å². The SMILES string of the molecule is O=C(Nc1nc(C23CC4CC(CC(C4)C2)C3)cs1)C(c1ccccc1)c1ccccc1. The van der Waals surface area contributed by atoms with Crippen LogP contribution in [0.3, 0.4) is 0 Å². The first kappa shape index (κ1) is 19.2. The van der Waals surface area contributed by atoms with E-state index in [9.17, 15) is 4.79 Å². The van der Waals surface area contributed by atoms with E-state index in [4.69, 9.17) is 4.98 Å². The molecule has 4 aliphatic rings. The summed E-state index contributed by atoms with van der Waals surface area (Å²) >= 11 is 1.59. The van der Waals surface area contributed by atoms with Gasteiger partial charge >= 0.3 is 0 Å². The number of hydrogen-bond donors (Lipinski definition) is 1. The maximum Gasteiger partial charge on any atom is 0.238 e. The summed E-state index contributed by atoms with van der Waals surface area (Å²) in [6, 6.07) is 20.1. The van der Waals surface area contributed by atoms with Crippen LogP contribution in [0.1, 0.15) is 61.3 Å². The number of aromatic nitrogens is 1. The van der Waals surface area contributed by atoms with E-state index < -0.39 is 0 Å². The van der Waals surface area contributed by atoms with Crippen molar-refractivity contribution < 1.29 is 4.79 Å². The average molecular weight is 429 g/mol. The van der Waals surface area contributed by atoms with Crippen LogP contribution in [0.15, 0.2) is 66.0 Å². The molecule has 3 nitrogen and oxygen atoms in total. The molecule has 0 radical (unpaired) electrons. The van der Waals surface area contributed by atoms with Crippen molar-refractivity contribution in [2.75, 3.05) is 5.32 Å². The fourth-order valence-corrected chi connectivity index (χ4v) is 7.80. The second-order valence-corrected chi connectivity index (χ2v) is 10.8. The van der Waals surface area contributed by atoms with Crippen molar-refractivity contribution in [3.05, 3.63) is 82.9 Å². The Labute approximate surface area is 187 Å². The van der Waals surface area contributed by atoms with E-state index >= 15 is 0 Å². The molecule has 0 atom stereocenters. The molecule has 1 heterocycles. The monoisotopic (exact) mass is 428 g/mol. The number of carbonyl (C=O) groups excluding carboxylic acids is 1. The van der Waals surface area contributed by atoms with Gasteiger partial charge in [-0.2, -0.15) is 0 Å². The van der Waals surface area contributed by atoms with Gasteiger partial charge < -0.3 is 5.32 Å². The molecule has 4 saturated carbocycles. The molecule has 7 rings (SSSR count). The Balaban J connectivity index is 1.26. The predicted molar refractivity (Wildman–Crippen MR) is 125 cm³/mol. The van der Waals surface area contributed by atoms with E-state index in [0.29, 0.717) is 0 Å². The molecule has 0 saturated heterocycles. The fraction of sp³-hybridized carbons (Fsp3) is 0.407. The fourth-order valence-electron chi connectivity index (χ4n) is 6.96. The first-order valence-corrected chi connectivity index (χ1v) is 12.4. The van der Waals surface area contributed by atoms with Crippen molar-refractivity contribution in [1.82, 2.24) is 4.98 Å². The van der Waals surface area contributed by atoms with Crippen LogP contribution < -0.4 is 5.32 Å². The number of amides is 1. The van der Waals surface area contributed by atoms with Crippen LogP contribution in [0.4, 0.5) is 5.13 Å². The molecule has 158 valence electrons. The predicted octanol–water partition coefficient (Wildman–Crippen LogP) is 6.38. The van der Waals surface area contributed by atoms with E-state index in [1.807, 2.05) is 60.7 Å². The smallest absolute Gasteiger partial charge is 0.238 e. The van der Waals surface area contributed by atoms with Crippen LogP contribution in [-0.4, -0.2) is 10.9 Å². The maximum atomic E-state index is 13.4. The van der Waals surface area contributed by atoms with Gasteiger partial charge in [-0.1, -0.05) is 60.7 Å². The molecule has 4 fully saturated rings. The summed E-state index contributed by atoms with van der Waals surface area (Å²) in [5, 5.41) is 6.13. The summed E-state index contributed by atoms with van der Waals surface area (Å²) in [6.07, 6.45) is 8.20. The van der Waals surface area contributed by atoms with Crippen molar-refractivity contribution in [2.45, 2.75) is 49.9 Å². The molecular weight excluding hydrogens is 400 g/mol. The number of thiazole rings is 1. The van der Waals surface area contributed by atoms with Gasteiger partial charge in [0.15, 0.2) is 5.13 Å². The Morgan fingerprint density at radius 3 is 1.90 bits per heavy atom. The molecule has 4 heteroatoms. The molecule has 0 unspecified atom stereocenters. The Kier molecular flexibility index (Phi) is 4.71.